The molecule has 8 heteroatoms. The highest BCUT2D eigenvalue weighted by Crippen LogP contribution is 2.30. The van der Waals surface area contributed by atoms with Gasteiger partial charge in [-0.05, 0) is 38.1 Å². The van der Waals surface area contributed by atoms with Crippen LogP contribution in [0.25, 0.3) is 11.6 Å². The van der Waals surface area contributed by atoms with Gasteiger partial charge in [0.05, 0.1) is 24.8 Å². The van der Waals surface area contributed by atoms with E-state index in [1.165, 1.54) is 4.68 Å². The van der Waals surface area contributed by atoms with Crippen LogP contribution in [0, 0.1) is 22.7 Å². The first-order chi connectivity index (χ1) is 12.4. The minimum absolute atomic E-state index is 0.0389. The number of hydrogen-bond donors (Lipinski definition) is 2. The Bertz CT molecular complexity index is 919. The van der Waals surface area contributed by atoms with Crippen LogP contribution in [0.4, 0.5) is 5.82 Å². The number of nitriles is 2. The average Bonchev–Trinajstić information content (AvgIpc) is 2.90. The van der Waals surface area contributed by atoms with E-state index in [0.29, 0.717) is 11.3 Å². The summed E-state index contributed by atoms with van der Waals surface area (Å²) in [4.78, 5) is 0. The Kier molecular flexibility index (Phi) is 6.40. The lowest BCUT2D eigenvalue weighted by Gasteiger charge is -2.13. The van der Waals surface area contributed by atoms with Crippen LogP contribution in [0.15, 0.2) is 22.7 Å². The first kappa shape index (κ1) is 19.5. The van der Waals surface area contributed by atoms with Gasteiger partial charge in [-0.15, -0.1) is 0 Å². The number of nitrogen functional groups attached to an aromatic ring is 1. The maximum atomic E-state index is 9.61. The molecule has 0 aliphatic heterocycles. The fourth-order valence-corrected chi connectivity index (χ4v) is 2.72. The highest BCUT2D eigenvalue weighted by Gasteiger charge is 2.19. The molecule has 0 saturated heterocycles. The highest BCUT2D eigenvalue weighted by molar-refractivity contribution is 9.10. The van der Waals surface area contributed by atoms with E-state index in [-0.39, 0.29) is 41.9 Å². The molecule has 2 aromatic rings. The molecule has 0 spiro atoms. The third-order valence-corrected chi connectivity index (χ3v) is 3.92. The summed E-state index contributed by atoms with van der Waals surface area (Å²) < 4.78 is 7.92. The van der Waals surface area contributed by atoms with E-state index < -0.39 is 0 Å². The first-order valence-electron chi connectivity index (χ1n) is 7.86. The molecule has 0 amide bonds. The number of aliphatic hydroxyl groups excluding tert-OH is 1. The standard InChI is InChI=1S/C18H18BrN5O2/c1-11(2)26-16-4-3-14(19)8-12(16)7-13(9-20)17-15(10-21)18(22)24(23-17)5-6-25/h3-4,7-8,11,25H,5-6,22H2,1-2H3. The number of anilines is 1. The topological polar surface area (TPSA) is 121 Å². The number of aromatic nitrogens is 2. The van der Waals surface area contributed by atoms with Gasteiger partial charge in [0, 0.05) is 10.0 Å². The Morgan fingerprint density at radius 1 is 1.46 bits per heavy atom. The fourth-order valence-electron chi connectivity index (χ4n) is 2.34. The molecule has 1 aromatic carbocycles. The van der Waals surface area contributed by atoms with Crippen molar-refractivity contribution in [1.29, 1.82) is 10.5 Å². The smallest absolute Gasteiger partial charge is 0.140 e. The van der Waals surface area contributed by atoms with E-state index in [9.17, 15) is 10.5 Å². The summed E-state index contributed by atoms with van der Waals surface area (Å²) in [6.07, 6.45) is 1.57. The zero-order valence-electron chi connectivity index (χ0n) is 14.4. The lowest BCUT2D eigenvalue weighted by atomic mass is 10.1. The van der Waals surface area contributed by atoms with Crippen LogP contribution in [0.2, 0.25) is 0 Å². The molecule has 0 unspecified atom stereocenters. The number of halogens is 1. The molecule has 134 valence electrons. The maximum absolute atomic E-state index is 9.61. The van der Waals surface area contributed by atoms with Crippen LogP contribution < -0.4 is 10.5 Å². The summed E-state index contributed by atoms with van der Waals surface area (Å²) in [5.74, 6) is 0.725. The summed E-state index contributed by atoms with van der Waals surface area (Å²) in [5, 5.41) is 32.3. The molecular weight excluding hydrogens is 398 g/mol. The number of benzene rings is 1. The number of aliphatic hydroxyl groups is 1. The first-order valence-corrected chi connectivity index (χ1v) is 8.66. The predicted molar refractivity (Wildman–Crippen MR) is 102 cm³/mol. The average molecular weight is 416 g/mol. The van der Waals surface area contributed by atoms with Gasteiger partial charge < -0.3 is 15.6 Å². The minimum atomic E-state index is -0.181. The number of hydrogen-bond acceptors (Lipinski definition) is 6. The van der Waals surface area contributed by atoms with Crippen LogP contribution in [-0.2, 0) is 6.54 Å². The quantitative estimate of drug-likeness (QED) is 0.699. The lowest BCUT2D eigenvalue weighted by Crippen LogP contribution is -2.08. The molecule has 26 heavy (non-hydrogen) atoms. The van der Waals surface area contributed by atoms with Crippen molar-refractivity contribution in [3.8, 4) is 17.9 Å². The van der Waals surface area contributed by atoms with Gasteiger partial charge in [0.2, 0.25) is 0 Å². The summed E-state index contributed by atoms with van der Waals surface area (Å²) in [6.45, 7) is 3.77. The van der Waals surface area contributed by atoms with Crippen molar-refractivity contribution in [1.82, 2.24) is 9.78 Å². The summed E-state index contributed by atoms with van der Waals surface area (Å²) in [7, 11) is 0. The second-order valence-electron chi connectivity index (χ2n) is 5.69. The Morgan fingerprint density at radius 3 is 2.77 bits per heavy atom. The molecule has 2 rings (SSSR count). The lowest BCUT2D eigenvalue weighted by molar-refractivity contribution is 0.242. The molecule has 0 aliphatic rings. The Balaban J connectivity index is 2.60. The van der Waals surface area contributed by atoms with Crippen molar-refractivity contribution in [2.75, 3.05) is 12.3 Å². The maximum Gasteiger partial charge on any atom is 0.140 e. The number of nitrogens with two attached hydrogens (primary N) is 1. The predicted octanol–water partition coefficient (Wildman–Crippen LogP) is 2.94. The number of ether oxygens (including phenoxy) is 1. The van der Waals surface area contributed by atoms with Crippen molar-refractivity contribution < 1.29 is 9.84 Å². The highest BCUT2D eigenvalue weighted by atomic mass is 79.9. The zero-order chi connectivity index (χ0) is 19.3. The zero-order valence-corrected chi connectivity index (χ0v) is 16.0. The Hall–Kier alpha value is -2.81. The normalized spacial score (nSPS) is 11.3. The number of nitrogens with zero attached hydrogens (tertiary/aromatic N) is 4. The van der Waals surface area contributed by atoms with Crippen LogP contribution in [0.1, 0.15) is 30.7 Å². The van der Waals surface area contributed by atoms with Gasteiger partial charge in [-0.1, -0.05) is 15.9 Å². The molecule has 0 saturated carbocycles. The van der Waals surface area contributed by atoms with E-state index >= 15 is 0 Å². The van der Waals surface area contributed by atoms with E-state index in [1.807, 2.05) is 32.0 Å². The molecule has 1 heterocycles. The molecule has 3 N–H and O–H groups in total. The largest absolute Gasteiger partial charge is 0.490 e. The summed E-state index contributed by atoms with van der Waals surface area (Å²) in [6, 6.07) is 9.51. The second kappa shape index (κ2) is 8.52. The van der Waals surface area contributed by atoms with E-state index in [4.69, 9.17) is 15.6 Å². The van der Waals surface area contributed by atoms with Gasteiger partial charge in [0.25, 0.3) is 0 Å². The van der Waals surface area contributed by atoms with Gasteiger partial charge in [-0.3, -0.25) is 0 Å². The molecule has 0 aliphatic carbocycles. The van der Waals surface area contributed by atoms with E-state index in [0.717, 1.165) is 4.47 Å². The van der Waals surface area contributed by atoms with E-state index in [2.05, 4.69) is 27.1 Å². The third-order valence-electron chi connectivity index (χ3n) is 3.43. The molecule has 0 atom stereocenters. The van der Waals surface area contributed by atoms with E-state index in [1.54, 1.807) is 12.1 Å². The molecule has 7 nitrogen and oxygen atoms in total. The van der Waals surface area contributed by atoms with Crippen molar-refractivity contribution in [2.24, 2.45) is 0 Å². The molecule has 0 fully saturated rings. The minimum Gasteiger partial charge on any atom is -0.490 e. The van der Waals surface area contributed by atoms with Crippen molar-refractivity contribution in [3.05, 3.63) is 39.5 Å². The van der Waals surface area contributed by atoms with Gasteiger partial charge in [0.1, 0.15) is 35.0 Å². The van der Waals surface area contributed by atoms with Gasteiger partial charge >= 0.3 is 0 Å². The Morgan fingerprint density at radius 2 is 2.19 bits per heavy atom. The van der Waals surface area contributed by atoms with Crippen LogP contribution in [-0.4, -0.2) is 27.6 Å². The number of rotatable bonds is 6. The van der Waals surface area contributed by atoms with Gasteiger partial charge in [-0.25, -0.2) is 4.68 Å². The van der Waals surface area contributed by atoms with Gasteiger partial charge in [0.15, 0.2) is 0 Å². The SMILES string of the molecule is CC(C)Oc1ccc(Br)cc1C=C(C#N)c1nn(CCO)c(N)c1C#N. The monoisotopic (exact) mass is 415 g/mol. The molecule has 1 aromatic heterocycles. The second-order valence-corrected chi connectivity index (χ2v) is 6.60. The van der Waals surface area contributed by atoms with Crippen LogP contribution in [0.3, 0.4) is 0 Å². The van der Waals surface area contributed by atoms with Crippen LogP contribution >= 0.6 is 15.9 Å². The molecule has 0 radical (unpaired) electrons. The fraction of sp³-hybridized carbons (Fsp3) is 0.278. The van der Waals surface area contributed by atoms with Crippen molar-refractivity contribution in [2.45, 2.75) is 26.5 Å². The summed E-state index contributed by atoms with van der Waals surface area (Å²) in [5.41, 5.74) is 7.03. The Labute approximate surface area is 160 Å². The molecule has 0 bridgehead atoms. The third kappa shape index (κ3) is 4.23. The van der Waals surface area contributed by atoms with Gasteiger partial charge in [-0.2, -0.15) is 15.6 Å². The summed E-state index contributed by atoms with van der Waals surface area (Å²) >= 11 is 3.41. The number of allylic oxidation sites excluding steroid dienone is 1. The van der Waals surface area contributed by atoms with Crippen molar-refractivity contribution >= 4 is 33.4 Å². The van der Waals surface area contributed by atoms with Crippen LogP contribution in [0.5, 0.6) is 5.75 Å². The molecular formula is C18H18BrN5O2. The van der Waals surface area contributed by atoms with Crippen molar-refractivity contribution in [3.63, 3.8) is 0 Å².